The summed E-state index contributed by atoms with van der Waals surface area (Å²) in [6.45, 7) is 5.04. The molecule has 1 fully saturated rings. The van der Waals surface area contributed by atoms with Crippen molar-refractivity contribution in [2.24, 2.45) is 5.41 Å². The zero-order chi connectivity index (χ0) is 31.9. The second-order valence-electron chi connectivity index (χ2n) is 11.6. The van der Waals surface area contributed by atoms with Crippen LogP contribution in [0, 0.1) is 28.4 Å². The van der Waals surface area contributed by atoms with Gasteiger partial charge in [0, 0.05) is 17.4 Å². The molecule has 1 saturated heterocycles. The third-order valence-electron chi connectivity index (χ3n) is 8.01. The predicted octanol–water partition coefficient (Wildman–Crippen LogP) is 7.37. The van der Waals surface area contributed by atoms with Crippen molar-refractivity contribution in [1.29, 1.82) is 5.26 Å². The minimum absolute atomic E-state index is 0.0420. The molecular formula is C34H27ClF2N4O4. The third kappa shape index (κ3) is 5.97. The lowest BCUT2D eigenvalue weighted by molar-refractivity contribution is 0.0697. The highest BCUT2D eigenvalue weighted by molar-refractivity contribution is 6.31. The quantitative estimate of drug-likeness (QED) is 0.191. The van der Waals surface area contributed by atoms with Crippen molar-refractivity contribution < 1.29 is 28.2 Å². The van der Waals surface area contributed by atoms with Crippen molar-refractivity contribution in [2.45, 2.75) is 32.9 Å². The topological polar surface area (TPSA) is 110 Å². The van der Waals surface area contributed by atoms with E-state index in [2.05, 4.69) is 11.1 Å². The molecular weight excluding hydrogens is 602 g/mol. The predicted molar refractivity (Wildman–Crippen MR) is 163 cm³/mol. The Balaban J connectivity index is 1.32. The summed E-state index contributed by atoms with van der Waals surface area (Å²) in [6.07, 6.45) is -0.0420. The van der Waals surface area contributed by atoms with Crippen molar-refractivity contribution in [3.63, 3.8) is 0 Å². The maximum Gasteiger partial charge on any atom is 0.335 e. The van der Waals surface area contributed by atoms with Crippen LogP contribution >= 0.6 is 11.6 Å². The summed E-state index contributed by atoms with van der Waals surface area (Å²) in [6, 6.07) is 18.5. The molecule has 8 nitrogen and oxygen atoms in total. The summed E-state index contributed by atoms with van der Waals surface area (Å²) in [5, 5.41) is 18.8. The number of rotatable bonds is 8. The number of ether oxygens (including phenoxy) is 2. The van der Waals surface area contributed by atoms with Crippen LogP contribution in [0.5, 0.6) is 5.88 Å². The average Bonchev–Trinajstić information content (AvgIpc) is 3.55. The number of carbonyl (C=O) groups is 1. The van der Waals surface area contributed by atoms with Crippen molar-refractivity contribution in [3.05, 3.63) is 111 Å². The summed E-state index contributed by atoms with van der Waals surface area (Å²) in [5.41, 5.74) is 2.36. The van der Waals surface area contributed by atoms with Crippen LogP contribution in [0.25, 0.3) is 22.3 Å². The van der Waals surface area contributed by atoms with E-state index >= 15 is 8.78 Å². The summed E-state index contributed by atoms with van der Waals surface area (Å²) in [7, 11) is 0. The zero-order valence-electron chi connectivity index (χ0n) is 24.4. The number of imidazole rings is 1. The van der Waals surface area contributed by atoms with E-state index in [0.717, 1.165) is 17.7 Å². The highest BCUT2D eigenvalue weighted by Crippen LogP contribution is 2.41. The molecule has 228 valence electrons. The number of hydrogen-bond acceptors (Lipinski definition) is 6. The summed E-state index contributed by atoms with van der Waals surface area (Å²) in [4.78, 5) is 20.8. The highest BCUT2D eigenvalue weighted by atomic mass is 35.5. The number of hydrogen-bond donors (Lipinski definition) is 1. The van der Waals surface area contributed by atoms with Gasteiger partial charge in [-0.1, -0.05) is 37.6 Å². The van der Waals surface area contributed by atoms with E-state index in [-0.39, 0.29) is 57.8 Å². The maximum atomic E-state index is 15.7. The highest BCUT2D eigenvalue weighted by Gasteiger charge is 2.39. The first-order valence-corrected chi connectivity index (χ1v) is 14.5. The van der Waals surface area contributed by atoms with E-state index in [4.69, 9.17) is 31.3 Å². The molecule has 0 saturated carbocycles. The van der Waals surface area contributed by atoms with Gasteiger partial charge in [-0.15, -0.1) is 0 Å². The van der Waals surface area contributed by atoms with Gasteiger partial charge in [0.05, 0.1) is 53.2 Å². The first kappa shape index (κ1) is 30.2. The minimum atomic E-state index is -1.07. The van der Waals surface area contributed by atoms with Crippen LogP contribution in [0.1, 0.15) is 52.8 Å². The Bertz CT molecular complexity index is 1990. The second-order valence-corrected chi connectivity index (χ2v) is 12.0. The number of fused-ring (bicyclic) bond motifs is 1. The summed E-state index contributed by atoms with van der Waals surface area (Å²) >= 11 is 6.28. The number of carboxylic acids is 1. The molecule has 6 rings (SSSR count). The van der Waals surface area contributed by atoms with Gasteiger partial charge in [-0.3, -0.25) is 0 Å². The number of benzene rings is 3. The smallest absolute Gasteiger partial charge is 0.335 e. The Morgan fingerprint density at radius 3 is 2.58 bits per heavy atom. The van der Waals surface area contributed by atoms with Crippen LogP contribution in [-0.4, -0.2) is 38.8 Å². The first-order valence-electron chi connectivity index (χ1n) is 14.1. The fourth-order valence-electron chi connectivity index (χ4n) is 5.52. The van der Waals surface area contributed by atoms with Crippen molar-refractivity contribution in [2.75, 3.05) is 13.2 Å². The molecule has 45 heavy (non-hydrogen) atoms. The van der Waals surface area contributed by atoms with Gasteiger partial charge >= 0.3 is 5.97 Å². The largest absolute Gasteiger partial charge is 0.478 e. The Morgan fingerprint density at radius 1 is 1.11 bits per heavy atom. The fraction of sp³-hybridized carbons (Fsp3) is 0.235. The lowest BCUT2D eigenvalue weighted by atomic mass is 9.87. The monoisotopic (exact) mass is 628 g/mol. The van der Waals surface area contributed by atoms with Gasteiger partial charge in [-0.25, -0.2) is 23.5 Å². The molecule has 0 aliphatic carbocycles. The molecule has 3 aromatic carbocycles. The summed E-state index contributed by atoms with van der Waals surface area (Å²) < 4.78 is 44.7. The third-order valence-corrected chi connectivity index (χ3v) is 8.29. The van der Waals surface area contributed by atoms with Crippen LogP contribution in [0.2, 0.25) is 5.02 Å². The average molecular weight is 629 g/mol. The first-order chi connectivity index (χ1) is 21.5. The van der Waals surface area contributed by atoms with Crippen molar-refractivity contribution in [3.8, 4) is 23.2 Å². The molecule has 0 amide bonds. The molecule has 5 aromatic rings. The van der Waals surface area contributed by atoms with Crippen LogP contribution in [0.4, 0.5) is 8.78 Å². The SMILES string of the molecule is CC1(C)COC[C@H]1n1c(Cc2cc(F)c(-c3ccc(Cl)c(OCc4ccc(C#N)cc4)n3)cc2F)nc2ccc(C(=O)O)cc21. The molecule has 1 aliphatic heterocycles. The van der Waals surface area contributed by atoms with Crippen LogP contribution < -0.4 is 4.74 Å². The Labute approximate surface area is 262 Å². The lowest BCUT2D eigenvalue weighted by Crippen LogP contribution is -2.27. The van der Waals surface area contributed by atoms with Gasteiger partial charge in [0.1, 0.15) is 29.1 Å². The van der Waals surface area contributed by atoms with Crippen LogP contribution in [0.15, 0.2) is 66.7 Å². The Morgan fingerprint density at radius 2 is 1.89 bits per heavy atom. The van der Waals surface area contributed by atoms with Crippen molar-refractivity contribution in [1.82, 2.24) is 14.5 Å². The van der Waals surface area contributed by atoms with E-state index < -0.39 is 17.6 Å². The number of aromatic carboxylic acids is 1. The Kier molecular flexibility index (Phi) is 7.99. The molecule has 3 heterocycles. The number of halogens is 3. The minimum Gasteiger partial charge on any atom is -0.478 e. The van der Waals surface area contributed by atoms with Gasteiger partial charge in [0.25, 0.3) is 0 Å². The molecule has 0 radical (unpaired) electrons. The number of nitrogens with zero attached hydrogens (tertiary/aromatic N) is 4. The van der Waals surface area contributed by atoms with E-state index in [1.54, 1.807) is 36.4 Å². The molecule has 1 N–H and O–H groups in total. The zero-order valence-corrected chi connectivity index (χ0v) is 25.1. The molecule has 1 aliphatic rings. The van der Waals surface area contributed by atoms with Crippen molar-refractivity contribution >= 4 is 28.6 Å². The number of pyridine rings is 1. The van der Waals surface area contributed by atoms with Crippen LogP contribution in [0.3, 0.4) is 0 Å². The lowest BCUT2D eigenvalue weighted by Gasteiger charge is -2.28. The fourth-order valence-corrected chi connectivity index (χ4v) is 5.68. The van der Waals surface area contributed by atoms with Gasteiger partial charge < -0.3 is 19.1 Å². The molecule has 2 aromatic heterocycles. The van der Waals surface area contributed by atoms with E-state index in [0.29, 0.717) is 35.6 Å². The van der Waals surface area contributed by atoms with Gasteiger partial charge in [-0.2, -0.15) is 5.26 Å². The van der Waals surface area contributed by atoms with Gasteiger partial charge in [-0.05, 0) is 65.7 Å². The number of carboxylic acid groups (broad SMARTS) is 1. The molecule has 1 atom stereocenters. The van der Waals surface area contributed by atoms with E-state index in [1.807, 2.05) is 18.4 Å². The Hall–Kier alpha value is -4.85. The normalized spacial score (nSPS) is 15.7. The van der Waals surface area contributed by atoms with Crippen LogP contribution in [-0.2, 0) is 17.8 Å². The number of aromatic nitrogens is 3. The molecule has 0 bridgehead atoms. The molecule has 0 spiro atoms. The molecule has 11 heteroatoms. The summed E-state index contributed by atoms with van der Waals surface area (Å²) in [5.74, 6) is -1.91. The number of nitriles is 1. The van der Waals surface area contributed by atoms with Gasteiger partial charge in [0.15, 0.2) is 0 Å². The van der Waals surface area contributed by atoms with E-state index in [9.17, 15) is 9.90 Å². The standard InChI is InChI=1S/C34H27ClF2N4O4/c1-34(2)18-44-17-30(34)41-29-12-21(33(42)43)7-9-28(29)39-31(41)13-22-11-26(37)23(14-25(22)36)27-10-8-24(35)32(40-27)45-16-20-5-3-19(15-38)4-6-20/h3-12,14,30H,13,16-18H2,1-2H3,(H,42,43)/t30-/m1/s1. The maximum absolute atomic E-state index is 15.7. The van der Waals surface area contributed by atoms with Gasteiger partial charge in [0.2, 0.25) is 5.88 Å². The molecule has 0 unspecified atom stereocenters. The second kappa shape index (κ2) is 11.9. The van der Waals surface area contributed by atoms with E-state index in [1.165, 1.54) is 18.2 Å².